The molecule has 0 aliphatic carbocycles. The van der Waals surface area contributed by atoms with Crippen LogP contribution in [0.15, 0.2) is 36.4 Å². The van der Waals surface area contributed by atoms with Crippen molar-refractivity contribution in [2.75, 3.05) is 18.0 Å². The number of nitrogens with one attached hydrogen (secondary N) is 1. The molecule has 0 spiro atoms. The minimum absolute atomic E-state index is 0.153. The van der Waals surface area contributed by atoms with Crippen LogP contribution in [0.2, 0.25) is 0 Å². The average Bonchev–Trinajstić information content (AvgIpc) is 2.44. The largest absolute Gasteiger partial charge is 0.366 e. The van der Waals surface area contributed by atoms with Crippen LogP contribution in [0, 0.1) is 0 Å². The van der Waals surface area contributed by atoms with Crippen molar-refractivity contribution in [1.82, 2.24) is 5.32 Å². The third-order valence-electron chi connectivity index (χ3n) is 3.24. The Morgan fingerprint density at radius 1 is 1.35 bits per heavy atom. The number of benzene rings is 1. The van der Waals surface area contributed by atoms with Crippen LogP contribution in [-0.4, -0.2) is 18.6 Å². The first kappa shape index (κ1) is 12.2. The summed E-state index contributed by atoms with van der Waals surface area (Å²) in [5, 5.41) is 3.62. The summed E-state index contributed by atoms with van der Waals surface area (Å²) in [6, 6.07) is 8.68. The van der Waals surface area contributed by atoms with Crippen LogP contribution in [0.3, 0.4) is 0 Å². The number of nitrogens with zero attached hydrogens (tertiary/aromatic N) is 1. The first-order chi connectivity index (χ1) is 8.12. The molecule has 2 heteroatoms. The summed E-state index contributed by atoms with van der Waals surface area (Å²) < 4.78 is 0. The zero-order valence-corrected chi connectivity index (χ0v) is 11.0. The van der Waals surface area contributed by atoms with Gasteiger partial charge < -0.3 is 10.2 Å². The molecule has 1 heterocycles. The van der Waals surface area contributed by atoms with E-state index in [9.17, 15) is 0 Å². The van der Waals surface area contributed by atoms with Crippen molar-refractivity contribution in [2.45, 2.75) is 32.9 Å². The standard InChI is InChI=1S/C15H22N2/c1-4-5-10-17-12-15(2,3)16-11-13-8-6-7-9-14(13)17/h4-9,16H,10-12H2,1-3H3/b5-4+. The van der Waals surface area contributed by atoms with Crippen molar-refractivity contribution in [3.05, 3.63) is 42.0 Å². The molecule has 0 aromatic heterocycles. The van der Waals surface area contributed by atoms with E-state index in [2.05, 4.69) is 67.4 Å². The molecule has 2 nitrogen and oxygen atoms in total. The van der Waals surface area contributed by atoms with Gasteiger partial charge in [-0.3, -0.25) is 0 Å². The molecule has 1 N–H and O–H groups in total. The van der Waals surface area contributed by atoms with Crippen molar-refractivity contribution >= 4 is 5.69 Å². The Bertz CT molecular complexity index is 407. The van der Waals surface area contributed by atoms with Gasteiger partial charge in [0.1, 0.15) is 0 Å². The van der Waals surface area contributed by atoms with Gasteiger partial charge in [-0.05, 0) is 32.4 Å². The minimum atomic E-state index is 0.153. The lowest BCUT2D eigenvalue weighted by Gasteiger charge is -2.31. The van der Waals surface area contributed by atoms with Crippen LogP contribution < -0.4 is 10.2 Å². The first-order valence-corrected chi connectivity index (χ1v) is 6.31. The quantitative estimate of drug-likeness (QED) is 0.786. The Morgan fingerprint density at radius 3 is 2.88 bits per heavy atom. The lowest BCUT2D eigenvalue weighted by Crippen LogP contribution is -2.46. The number of rotatable bonds is 2. The second-order valence-corrected chi connectivity index (χ2v) is 5.32. The molecule has 0 amide bonds. The highest BCUT2D eigenvalue weighted by Crippen LogP contribution is 2.25. The van der Waals surface area contributed by atoms with Gasteiger partial charge in [-0.1, -0.05) is 30.4 Å². The molecule has 1 aliphatic rings. The Hall–Kier alpha value is -1.28. The van der Waals surface area contributed by atoms with Crippen LogP contribution in [0.5, 0.6) is 0 Å². The van der Waals surface area contributed by atoms with E-state index in [0.29, 0.717) is 0 Å². The maximum Gasteiger partial charge on any atom is 0.0415 e. The van der Waals surface area contributed by atoms with E-state index in [1.54, 1.807) is 0 Å². The Balaban J connectivity index is 2.32. The SMILES string of the molecule is C/C=C/CN1CC(C)(C)NCc2ccccc21. The lowest BCUT2D eigenvalue weighted by molar-refractivity contribution is 0.398. The summed E-state index contributed by atoms with van der Waals surface area (Å²) in [7, 11) is 0. The molecule has 92 valence electrons. The van der Waals surface area contributed by atoms with E-state index in [4.69, 9.17) is 0 Å². The number of fused-ring (bicyclic) bond motifs is 1. The number of anilines is 1. The van der Waals surface area contributed by atoms with E-state index in [1.807, 2.05) is 0 Å². The van der Waals surface area contributed by atoms with Gasteiger partial charge in [0.2, 0.25) is 0 Å². The zero-order valence-electron chi connectivity index (χ0n) is 11.0. The second kappa shape index (κ2) is 4.92. The van der Waals surface area contributed by atoms with Crippen molar-refractivity contribution in [3.63, 3.8) is 0 Å². The lowest BCUT2D eigenvalue weighted by atomic mass is 10.1. The van der Waals surface area contributed by atoms with Crippen molar-refractivity contribution in [3.8, 4) is 0 Å². The maximum absolute atomic E-state index is 3.62. The zero-order chi connectivity index (χ0) is 12.3. The van der Waals surface area contributed by atoms with E-state index >= 15 is 0 Å². The van der Waals surface area contributed by atoms with Gasteiger partial charge in [0.05, 0.1) is 0 Å². The van der Waals surface area contributed by atoms with Gasteiger partial charge in [-0.15, -0.1) is 0 Å². The van der Waals surface area contributed by atoms with Crippen LogP contribution in [-0.2, 0) is 6.54 Å². The molecule has 1 aromatic rings. The molecule has 2 rings (SSSR count). The monoisotopic (exact) mass is 230 g/mol. The fourth-order valence-electron chi connectivity index (χ4n) is 2.32. The smallest absolute Gasteiger partial charge is 0.0415 e. The van der Waals surface area contributed by atoms with Crippen LogP contribution in [0.4, 0.5) is 5.69 Å². The predicted molar refractivity (Wildman–Crippen MR) is 74.4 cm³/mol. The highest BCUT2D eigenvalue weighted by Gasteiger charge is 2.25. The van der Waals surface area contributed by atoms with Crippen molar-refractivity contribution in [1.29, 1.82) is 0 Å². The molecule has 0 saturated carbocycles. The molecule has 0 fully saturated rings. The van der Waals surface area contributed by atoms with E-state index in [-0.39, 0.29) is 5.54 Å². The van der Waals surface area contributed by atoms with Crippen LogP contribution in [0.1, 0.15) is 26.3 Å². The second-order valence-electron chi connectivity index (χ2n) is 5.32. The van der Waals surface area contributed by atoms with Gasteiger partial charge in [-0.25, -0.2) is 0 Å². The molecule has 0 radical (unpaired) electrons. The summed E-state index contributed by atoms with van der Waals surface area (Å²) in [6.45, 7) is 9.58. The Morgan fingerprint density at radius 2 is 2.12 bits per heavy atom. The third kappa shape index (κ3) is 2.89. The number of hydrogen-bond acceptors (Lipinski definition) is 2. The van der Waals surface area contributed by atoms with Crippen LogP contribution in [0.25, 0.3) is 0 Å². The summed E-state index contributed by atoms with van der Waals surface area (Å²) in [5.41, 5.74) is 2.91. The predicted octanol–water partition coefficient (Wildman–Crippen LogP) is 2.95. The highest BCUT2D eigenvalue weighted by molar-refractivity contribution is 5.55. The average molecular weight is 230 g/mol. The van der Waals surface area contributed by atoms with Gasteiger partial charge in [0.15, 0.2) is 0 Å². The molecule has 1 aromatic carbocycles. The topological polar surface area (TPSA) is 15.3 Å². The Kier molecular flexibility index (Phi) is 3.53. The first-order valence-electron chi connectivity index (χ1n) is 6.31. The fourth-order valence-corrected chi connectivity index (χ4v) is 2.32. The molecule has 0 atom stereocenters. The summed E-state index contributed by atoms with van der Waals surface area (Å²) in [4.78, 5) is 2.45. The summed E-state index contributed by atoms with van der Waals surface area (Å²) >= 11 is 0. The van der Waals surface area contributed by atoms with E-state index < -0.39 is 0 Å². The summed E-state index contributed by atoms with van der Waals surface area (Å²) in [6.07, 6.45) is 4.34. The van der Waals surface area contributed by atoms with E-state index in [0.717, 1.165) is 19.6 Å². The highest BCUT2D eigenvalue weighted by atomic mass is 15.2. The van der Waals surface area contributed by atoms with Crippen LogP contribution >= 0.6 is 0 Å². The van der Waals surface area contributed by atoms with Gasteiger partial charge in [0.25, 0.3) is 0 Å². The number of hydrogen-bond donors (Lipinski definition) is 1. The third-order valence-corrected chi connectivity index (χ3v) is 3.24. The van der Waals surface area contributed by atoms with E-state index in [1.165, 1.54) is 11.3 Å². The minimum Gasteiger partial charge on any atom is -0.366 e. The molecule has 0 unspecified atom stereocenters. The van der Waals surface area contributed by atoms with Crippen molar-refractivity contribution in [2.24, 2.45) is 0 Å². The molecule has 0 saturated heterocycles. The fraction of sp³-hybridized carbons (Fsp3) is 0.467. The van der Waals surface area contributed by atoms with Crippen molar-refractivity contribution < 1.29 is 0 Å². The molecule has 1 aliphatic heterocycles. The molecule has 17 heavy (non-hydrogen) atoms. The van der Waals surface area contributed by atoms with Gasteiger partial charge >= 0.3 is 0 Å². The maximum atomic E-state index is 3.62. The molecular weight excluding hydrogens is 208 g/mol. The normalized spacial score (nSPS) is 19.1. The Labute approximate surface area is 104 Å². The number of para-hydroxylation sites is 1. The summed E-state index contributed by atoms with van der Waals surface area (Å²) in [5.74, 6) is 0. The number of allylic oxidation sites excluding steroid dienone is 1. The van der Waals surface area contributed by atoms with Gasteiger partial charge in [-0.2, -0.15) is 0 Å². The molecule has 0 bridgehead atoms. The molecular formula is C15H22N2. The van der Waals surface area contributed by atoms with Gasteiger partial charge in [0, 0.05) is 30.9 Å².